The molecule has 0 N–H and O–H groups in total. The number of halogens is 1. The Morgan fingerprint density at radius 1 is 1.29 bits per heavy atom. The number of amides is 1. The number of aryl methyl sites for hydroxylation is 1. The van der Waals surface area contributed by atoms with Gasteiger partial charge >= 0.3 is 0 Å². The van der Waals surface area contributed by atoms with E-state index in [0.29, 0.717) is 16.5 Å². The summed E-state index contributed by atoms with van der Waals surface area (Å²) in [5, 5.41) is 5.12. The molecule has 110 valence electrons. The summed E-state index contributed by atoms with van der Waals surface area (Å²) in [6, 6.07) is 9.13. The Hall–Kier alpha value is -1.81. The van der Waals surface area contributed by atoms with Crippen LogP contribution < -0.4 is 0 Å². The third kappa shape index (κ3) is 3.10. The number of likely N-dealkylation sites (tertiary alicyclic amines) is 1. The number of rotatable bonds is 2. The van der Waals surface area contributed by atoms with E-state index in [1.54, 1.807) is 24.3 Å². The summed E-state index contributed by atoms with van der Waals surface area (Å²) >= 11 is 5.87. The Morgan fingerprint density at radius 3 is 2.71 bits per heavy atom. The van der Waals surface area contributed by atoms with E-state index in [1.807, 2.05) is 28.9 Å². The summed E-state index contributed by atoms with van der Waals surface area (Å²) < 4.78 is 1.81. The van der Waals surface area contributed by atoms with Crippen LogP contribution in [-0.2, 0) is 7.05 Å². The zero-order valence-corrected chi connectivity index (χ0v) is 12.8. The fraction of sp³-hybridized carbons (Fsp3) is 0.375. The second-order valence-corrected chi connectivity index (χ2v) is 5.95. The number of hydrogen-bond acceptors (Lipinski definition) is 2. The maximum Gasteiger partial charge on any atom is 0.253 e. The SMILES string of the molecule is Cn1ccc([C@H]2CCCN(C(=O)c3ccc(Cl)cc3)C2)n1. The lowest BCUT2D eigenvalue weighted by Gasteiger charge is -2.32. The molecule has 1 atom stereocenters. The van der Waals surface area contributed by atoms with E-state index in [9.17, 15) is 4.79 Å². The van der Waals surface area contributed by atoms with Crippen molar-refractivity contribution in [3.63, 3.8) is 0 Å². The van der Waals surface area contributed by atoms with E-state index in [4.69, 9.17) is 11.6 Å². The van der Waals surface area contributed by atoms with Gasteiger partial charge in [-0.15, -0.1) is 0 Å². The molecule has 0 saturated carbocycles. The lowest BCUT2D eigenvalue weighted by molar-refractivity contribution is 0.0706. The van der Waals surface area contributed by atoms with Gasteiger partial charge in [0.15, 0.2) is 0 Å². The average molecular weight is 304 g/mol. The molecule has 0 radical (unpaired) electrons. The van der Waals surface area contributed by atoms with Crippen molar-refractivity contribution in [1.82, 2.24) is 14.7 Å². The molecule has 0 bridgehead atoms. The summed E-state index contributed by atoms with van der Waals surface area (Å²) in [5.41, 5.74) is 1.77. The molecule has 1 saturated heterocycles. The van der Waals surface area contributed by atoms with Gasteiger partial charge in [0.05, 0.1) is 5.69 Å². The molecule has 1 fully saturated rings. The lowest BCUT2D eigenvalue weighted by atomic mass is 9.94. The molecule has 3 rings (SSSR count). The quantitative estimate of drug-likeness (QED) is 0.855. The first-order valence-electron chi connectivity index (χ1n) is 7.18. The molecule has 0 spiro atoms. The van der Waals surface area contributed by atoms with Gasteiger partial charge in [-0.05, 0) is 43.2 Å². The topological polar surface area (TPSA) is 38.1 Å². The summed E-state index contributed by atoms with van der Waals surface area (Å²) in [4.78, 5) is 14.5. The van der Waals surface area contributed by atoms with Crippen molar-refractivity contribution < 1.29 is 4.79 Å². The van der Waals surface area contributed by atoms with Crippen molar-refractivity contribution in [2.24, 2.45) is 7.05 Å². The summed E-state index contributed by atoms with van der Waals surface area (Å²) in [6.45, 7) is 1.54. The minimum atomic E-state index is 0.0762. The van der Waals surface area contributed by atoms with Gasteiger partial charge < -0.3 is 4.90 Å². The van der Waals surface area contributed by atoms with Gasteiger partial charge in [0.2, 0.25) is 0 Å². The Bertz CT molecular complexity index is 635. The Balaban J connectivity index is 1.73. The molecule has 2 aromatic rings. The fourth-order valence-electron chi connectivity index (χ4n) is 2.83. The zero-order chi connectivity index (χ0) is 14.8. The first-order chi connectivity index (χ1) is 10.1. The first kappa shape index (κ1) is 14.1. The molecule has 5 heteroatoms. The van der Waals surface area contributed by atoms with Crippen molar-refractivity contribution in [2.45, 2.75) is 18.8 Å². The molecular formula is C16H18ClN3O. The highest BCUT2D eigenvalue weighted by atomic mass is 35.5. The third-order valence-electron chi connectivity index (χ3n) is 3.95. The van der Waals surface area contributed by atoms with Crippen LogP contribution in [0.15, 0.2) is 36.5 Å². The van der Waals surface area contributed by atoms with Crippen LogP contribution in [0.25, 0.3) is 0 Å². The normalized spacial score (nSPS) is 18.8. The highest BCUT2D eigenvalue weighted by Gasteiger charge is 2.26. The van der Waals surface area contributed by atoms with Gasteiger partial charge in [-0.2, -0.15) is 5.10 Å². The minimum absolute atomic E-state index is 0.0762. The van der Waals surface area contributed by atoms with Gasteiger partial charge in [0.25, 0.3) is 5.91 Å². The minimum Gasteiger partial charge on any atom is -0.338 e. The number of benzene rings is 1. The molecule has 1 aliphatic heterocycles. The first-order valence-corrected chi connectivity index (χ1v) is 7.55. The van der Waals surface area contributed by atoms with Crippen LogP contribution in [0.2, 0.25) is 5.02 Å². The zero-order valence-electron chi connectivity index (χ0n) is 12.0. The number of carbonyl (C=O) groups excluding carboxylic acids is 1. The fourth-order valence-corrected chi connectivity index (χ4v) is 2.95. The Labute approximate surface area is 129 Å². The summed E-state index contributed by atoms with van der Waals surface area (Å²) in [5.74, 6) is 0.406. The highest BCUT2D eigenvalue weighted by Crippen LogP contribution is 2.26. The van der Waals surface area contributed by atoms with Crippen LogP contribution >= 0.6 is 11.6 Å². The van der Waals surface area contributed by atoms with Crippen LogP contribution in [0.1, 0.15) is 34.8 Å². The van der Waals surface area contributed by atoms with E-state index in [2.05, 4.69) is 5.10 Å². The van der Waals surface area contributed by atoms with Crippen LogP contribution in [0.3, 0.4) is 0 Å². The molecule has 1 aliphatic rings. The monoisotopic (exact) mass is 303 g/mol. The van der Waals surface area contributed by atoms with Crippen LogP contribution in [-0.4, -0.2) is 33.7 Å². The van der Waals surface area contributed by atoms with Crippen molar-refractivity contribution in [2.75, 3.05) is 13.1 Å². The van der Waals surface area contributed by atoms with Gasteiger partial charge in [-0.25, -0.2) is 0 Å². The molecule has 1 aromatic carbocycles. The number of aromatic nitrogens is 2. The van der Waals surface area contributed by atoms with Gasteiger partial charge in [0.1, 0.15) is 0 Å². The van der Waals surface area contributed by atoms with Gasteiger partial charge in [0, 0.05) is 42.8 Å². The lowest BCUT2D eigenvalue weighted by Crippen LogP contribution is -2.39. The molecule has 1 aromatic heterocycles. The molecule has 0 aliphatic carbocycles. The molecule has 4 nitrogen and oxygen atoms in total. The van der Waals surface area contributed by atoms with Crippen molar-refractivity contribution in [1.29, 1.82) is 0 Å². The largest absolute Gasteiger partial charge is 0.338 e. The van der Waals surface area contributed by atoms with E-state index >= 15 is 0 Å². The second kappa shape index (κ2) is 5.90. The van der Waals surface area contributed by atoms with Gasteiger partial charge in [-0.3, -0.25) is 9.48 Å². The number of carbonyl (C=O) groups is 1. The van der Waals surface area contributed by atoms with Crippen LogP contribution in [0.4, 0.5) is 0 Å². The van der Waals surface area contributed by atoms with E-state index < -0.39 is 0 Å². The van der Waals surface area contributed by atoms with E-state index in [-0.39, 0.29) is 5.91 Å². The molecule has 1 amide bonds. The molecule has 21 heavy (non-hydrogen) atoms. The van der Waals surface area contributed by atoms with Crippen LogP contribution in [0, 0.1) is 0 Å². The molecule has 0 unspecified atom stereocenters. The van der Waals surface area contributed by atoms with Crippen molar-refractivity contribution >= 4 is 17.5 Å². The number of piperidine rings is 1. The van der Waals surface area contributed by atoms with E-state index in [0.717, 1.165) is 31.6 Å². The smallest absolute Gasteiger partial charge is 0.253 e. The third-order valence-corrected chi connectivity index (χ3v) is 4.20. The standard InChI is InChI=1S/C16H18ClN3O/c1-19-10-8-15(18-19)13-3-2-9-20(11-13)16(21)12-4-6-14(17)7-5-12/h4-8,10,13H,2-3,9,11H2,1H3/t13-/m0/s1. The Morgan fingerprint density at radius 2 is 2.05 bits per heavy atom. The number of nitrogens with zero attached hydrogens (tertiary/aromatic N) is 3. The predicted octanol–water partition coefficient (Wildman–Crippen LogP) is 3.09. The average Bonchev–Trinajstić information content (AvgIpc) is 2.94. The van der Waals surface area contributed by atoms with E-state index in [1.165, 1.54) is 0 Å². The molecule has 2 heterocycles. The van der Waals surface area contributed by atoms with Gasteiger partial charge in [-0.1, -0.05) is 11.6 Å². The van der Waals surface area contributed by atoms with Crippen LogP contribution in [0.5, 0.6) is 0 Å². The maximum atomic E-state index is 12.6. The summed E-state index contributed by atoms with van der Waals surface area (Å²) in [7, 11) is 1.92. The maximum absolute atomic E-state index is 12.6. The Kier molecular flexibility index (Phi) is 3.97. The predicted molar refractivity (Wildman–Crippen MR) is 82.5 cm³/mol. The summed E-state index contributed by atoms with van der Waals surface area (Å²) in [6.07, 6.45) is 4.05. The van der Waals surface area contributed by atoms with Crippen molar-refractivity contribution in [3.8, 4) is 0 Å². The number of hydrogen-bond donors (Lipinski definition) is 0. The second-order valence-electron chi connectivity index (χ2n) is 5.51. The molecular weight excluding hydrogens is 286 g/mol. The van der Waals surface area contributed by atoms with Crippen molar-refractivity contribution in [3.05, 3.63) is 52.8 Å². The highest BCUT2D eigenvalue weighted by molar-refractivity contribution is 6.30.